The van der Waals surface area contributed by atoms with Gasteiger partial charge in [0.1, 0.15) is 0 Å². The van der Waals surface area contributed by atoms with Crippen LogP contribution in [0.2, 0.25) is 0 Å². The van der Waals surface area contributed by atoms with Gasteiger partial charge in [-0.05, 0) is 36.2 Å². The molecule has 0 fully saturated rings. The number of ether oxygens (including phenoxy) is 4. The van der Waals surface area contributed by atoms with Gasteiger partial charge in [0.25, 0.3) is 5.91 Å². The number of nitrogens with one attached hydrogen (secondary N) is 1. The number of sulfonamides is 1. The number of benzene rings is 3. The van der Waals surface area contributed by atoms with Crippen LogP contribution < -0.4 is 28.6 Å². The van der Waals surface area contributed by atoms with Crippen molar-refractivity contribution < 1.29 is 32.2 Å². The fraction of sp³-hybridized carbons (Fsp3) is 0.296. The first kappa shape index (κ1) is 27.7. The van der Waals surface area contributed by atoms with Gasteiger partial charge in [-0.1, -0.05) is 36.4 Å². The van der Waals surface area contributed by atoms with Crippen molar-refractivity contribution in [1.82, 2.24) is 5.32 Å². The van der Waals surface area contributed by atoms with Gasteiger partial charge >= 0.3 is 0 Å². The lowest BCUT2D eigenvalue weighted by Crippen LogP contribution is -2.33. The number of carbonyl (C=O) groups is 1. The maximum atomic E-state index is 13.6. The zero-order valence-electron chi connectivity index (χ0n) is 21.8. The average Bonchev–Trinajstić information content (AvgIpc) is 2.90. The van der Waals surface area contributed by atoms with Crippen molar-refractivity contribution >= 4 is 21.6 Å². The van der Waals surface area contributed by atoms with E-state index in [1.54, 1.807) is 19.2 Å². The number of nitrogens with zero attached hydrogens (tertiary/aromatic N) is 1. The zero-order chi connectivity index (χ0) is 27.2. The van der Waals surface area contributed by atoms with E-state index in [4.69, 9.17) is 18.9 Å². The number of methoxy groups -OCH3 is 4. The summed E-state index contributed by atoms with van der Waals surface area (Å²) in [5, 5.41) is 2.95. The van der Waals surface area contributed by atoms with Gasteiger partial charge in [-0.3, -0.25) is 9.10 Å². The minimum Gasteiger partial charge on any atom is -0.493 e. The molecule has 1 unspecified atom stereocenters. The first-order valence-electron chi connectivity index (χ1n) is 11.4. The summed E-state index contributed by atoms with van der Waals surface area (Å²) in [5.74, 6) is 1.20. The smallest absolute Gasteiger partial charge is 0.254 e. The average molecular weight is 529 g/mol. The van der Waals surface area contributed by atoms with Gasteiger partial charge in [-0.2, -0.15) is 0 Å². The van der Waals surface area contributed by atoms with Crippen LogP contribution in [0.25, 0.3) is 0 Å². The Hall–Kier alpha value is -3.92. The number of rotatable bonds is 11. The van der Waals surface area contributed by atoms with E-state index in [1.807, 2.05) is 43.3 Å². The molecule has 1 N–H and O–H groups in total. The van der Waals surface area contributed by atoms with Crippen LogP contribution >= 0.6 is 0 Å². The Morgan fingerprint density at radius 1 is 0.838 bits per heavy atom. The molecule has 9 nitrogen and oxygen atoms in total. The second kappa shape index (κ2) is 11.9. The third kappa shape index (κ3) is 6.45. The fourth-order valence-corrected chi connectivity index (χ4v) is 4.76. The first-order valence-corrected chi connectivity index (χ1v) is 13.3. The molecular weight excluding hydrogens is 496 g/mol. The molecule has 10 heteroatoms. The minimum atomic E-state index is -3.79. The van der Waals surface area contributed by atoms with E-state index in [1.165, 1.54) is 37.8 Å². The summed E-state index contributed by atoms with van der Waals surface area (Å²) in [6, 6.07) is 17.0. The van der Waals surface area contributed by atoms with Crippen molar-refractivity contribution in [3.63, 3.8) is 0 Å². The number of carbonyl (C=O) groups excluding carboxylic acids is 1. The lowest BCUT2D eigenvalue weighted by molar-refractivity contribution is 0.0940. The molecule has 37 heavy (non-hydrogen) atoms. The molecule has 3 aromatic carbocycles. The van der Waals surface area contributed by atoms with Crippen molar-refractivity contribution in [2.45, 2.75) is 19.5 Å². The molecule has 0 heterocycles. The predicted molar refractivity (Wildman–Crippen MR) is 142 cm³/mol. The number of anilines is 1. The maximum Gasteiger partial charge on any atom is 0.254 e. The Morgan fingerprint density at radius 2 is 1.41 bits per heavy atom. The summed E-state index contributed by atoms with van der Waals surface area (Å²) in [6.45, 7) is 1.85. The number of hydrogen-bond donors (Lipinski definition) is 1. The Morgan fingerprint density at radius 3 is 1.97 bits per heavy atom. The third-order valence-electron chi connectivity index (χ3n) is 5.84. The molecule has 0 aliphatic carbocycles. The molecule has 0 radical (unpaired) electrons. The highest BCUT2D eigenvalue weighted by Crippen LogP contribution is 2.37. The van der Waals surface area contributed by atoms with E-state index in [0.717, 1.165) is 17.4 Å². The second-order valence-electron chi connectivity index (χ2n) is 8.29. The highest BCUT2D eigenvalue weighted by atomic mass is 32.2. The van der Waals surface area contributed by atoms with Crippen molar-refractivity contribution in [1.29, 1.82) is 0 Å². The highest BCUT2D eigenvalue weighted by molar-refractivity contribution is 7.92. The quantitative estimate of drug-likeness (QED) is 0.398. The zero-order valence-corrected chi connectivity index (χ0v) is 22.6. The van der Waals surface area contributed by atoms with Crippen LogP contribution in [0.5, 0.6) is 23.0 Å². The van der Waals surface area contributed by atoms with E-state index in [2.05, 4.69) is 5.32 Å². The Balaban J connectivity index is 2.06. The summed E-state index contributed by atoms with van der Waals surface area (Å²) in [5.41, 5.74) is 1.82. The minimum absolute atomic E-state index is 0.0284. The second-order valence-corrected chi connectivity index (χ2v) is 10.2. The van der Waals surface area contributed by atoms with Gasteiger partial charge in [-0.25, -0.2) is 8.42 Å². The Kier molecular flexibility index (Phi) is 8.88. The van der Waals surface area contributed by atoms with Gasteiger partial charge in [0.2, 0.25) is 10.0 Å². The molecule has 0 saturated heterocycles. The van der Waals surface area contributed by atoms with Crippen LogP contribution in [0.3, 0.4) is 0 Å². The Labute approximate surface area is 218 Å². The third-order valence-corrected chi connectivity index (χ3v) is 6.97. The summed E-state index contributed by atoms with van der Waals surface area (Å²) < 4.78 is 48.5. The largest absolute Gasteiger partial charge is 0.493 e. The van der Waals surface area contributed by atoms with E-state index < -0.39 is 22.0 Å². The van der Waals surface area contributed by atoms with Crippen LogP contribution in [-0.4, -0.2) is 49.0 Å². The fourth-order valence-electron chi connectivity index (χ4n) is 3.87. The molecule has 0 saturated carbocycles. The standard InChI is InChI=1S/C27H32N2O7S/c1-18(20-12-13-23(33-2)24(14-20)34-3)28-27(30)21-15-25(35-4)26(36-5)16-22(21)29(37(6,31)32)17-19-10-8-7-9-11-19/h7-16,18H,17H2,1-6H3,(H,28,30). The molecule has 0 bridgehead atoms. The summed E-state index contributed by atoms with van der Waals surface area (Å²) in [7, 11) is 2.19. The van der Waals surface area contributed by atoms with Gasteiger partial charge < -0.3 is 24.3 Å². The van der Waals surface area contributed by atoms with E-state index >= 15 is 0 Å². The number of hydrogen-bond acceptors (Lipinski definition) is 7. The molecule has 1 atom stereocenters. The predicted octanol–water partition coefficient (Wildman–Crippen LogP) is 4.18. The topological polar surface area (TPSA) is 103 Å². The van der Waals surface area contributed by atoms with Crippen molar-refractivity contribution in [2.75, 3.05) is 39.0 Å². The van der Waals surface area contributed by atoms with Crippen molar-refractivity contribution in [3.8, 4) is 23.0 Å². The summed E-state index contributed by atoms with van der Waals surface area (Å²) in [6.07, 6.45) is 1.10. The van der Waals surface area contributed by atoms with E-state index in [0.29, 0.717) is 23.0 Å². The molecule has 0 aliphatic rings. The Bertz CT molecular complexity index is 1340. The summed E-state index contributed by atoms with van der Waals surface area (Å²) in [4.78, 5) is 13.6. The lowest BCUT2D eigenvalue weighted by Gasteiger charge is -2.26. The SMILES string of the molecule is COc1ccc(C(C)NC(=O)c2cc(OC)c(OC)cc2N(Cc2ccccc2)S(C)(=O)=O)cc1OC. The molecule has 1 amide bonds. The van der Waals surface area contributed by atoms with Crippen LogP contribution in [0.15, 0.2) is 60.7 Å². The van der Waals surface area contributed by atoms with Crippen LogP contribution in [0.4, 0.5) is 5.69 Å². The molecule has 0 aromatic heterocycles. The molecule has 3 rings (SSSR count). The van der Waals surface area contributed by atoms with Gasteiger partial charge in [0, 0.05) is 6.07 Å². The molecule has 0 aliphatic heterocycles. The van der Waals surface area contributed by atoms with Crippen LogP contribution in [0, 0.1) is 0 Å². The normalized spacial score (nSPS) is 11.8. The molecule has 3 aromatic rings. The summed E-state index contributed by atoms with van der Waals surface area (Å²) >= 11 is 0. The van der Waals surface area contributed by atoms with E-state index in [-0.39, 0.29) is 17.8 Å². The molecule has 0 spiro atoms. The maximum absolute atomic E-state index is 13.6. The monoisotopic (exact) mass is 528 g/mol. The van der Waals surface area contributed by atoms with E-state index in [9.17, 15) is 13.2 Å². The highest BCUT2D eigenvalue weighted by Gasteiger charge is 2.27. The van der Waals surface area contributed by atoms with Crippen LogP contribution in [0.1, 0.15) is 34.5 Å². The number of amides is 1. The van der Waals surface area contributed by atoms with Crippen LogP contribution in [-0.2, 0) is 16.6 Å². The van der Waals surface area contributed by atoms with Gasteiger partial charge in [-0.15, -0.1) is 0 Å². The molecular formula is C27H32N2O7S. The van der Waals surface area contributed by atoms with Gasteiger partial charge in [0.15, 0.2) is 23.0 Å². The molecule has 198 valence electrons. The van der Waals surface area contributed by atoms with Crippen molar-refractivity contribution in [3.05, 3.63) is 77.4 Å². The lowest BCUT2D eigenvalue weighted by atomic mass is 10.1. The van der Waals surface area contributed by atoms with Crippen molar-refractivity contribution in [2.24, 2.45) is 0 Å². The van der Waals surface area contributed by atoms with Gasteiger partial charge in [0.05, 0.1) is 58.5 Å². The first-order chi connectivity index (χ1) is 17.6.